The summed E-state index contributed by atoms with van der Waals surface area (Å²) in [7, 11) is 0. The van der Waals surface area contributed by atoms with Gasteiger partial charge in [-0.05, 0) is 85.7 Å². The van der Waals surface area contributed by atoms with E-state index in [0.29, 0.717) is 17.1 Å². The number of carbonyl (C=O) groups excluding carboxylic acids is 3. The van der Waals surface area contributed by atoms with E-state index in [0.717, 1.165) is 43.3 Å². The Balaban J connectivity index is 1.14. The second kappa shape index (κ2) is 11.2. The van der Waals surface area contributed by atoms with Gasteiger partial charge in [0.25, 0.3) is 5.91 Å². The Morgan fingerprint density at radius 2 is 1.74 bits per heavy atom. The molecule has 3 amide bonds. The lowest BCUT2D eigenvalue weighted by Crippen LogP contribution is -2.42. The van der Waals surface area contributed by atoms with E-state index < -0.39 is 17.7 Å². The van der Waals surface area contributed by atoms with E-state index in [4.69, 9.17) is 4.74 Å². The fourth-order valence-electron chi connectivity index (χ4n) is 8.08. The number of rotatable bonds is 6. The molecule has 0 spiro atoms. The minimum absolute atomic E-state index is 0.0180. The lowest BCUT2D eigenvalue weighted by molar-refractivity contribution is -0.123. The predicted octanol–water partition coefficient (Wildman–Crippen LogP) is 6.34. The number of carbonyl (C=O) groups is 3. The van der Waals surface area contributed by atoms with Gasteiger partial charge in [0.15, 0.2) is 6.61 Å². The molecular weight excluding hydrogens is 693 g/mol. The van der Waals surface area contributed by atoms with Crippen LogP contribution >= 0.6 is 39.0 Å². The summed E-state index contributed by atoms with van der Waals surface area (Å²) in [6, 6.07) is 18.6. The van der Waals surface area contributed by atoms with E-state index >= 15 is 0 Å². The SMILES string of the molecule is Cc1ccc(NC(=O)COc2ccc(Br)cc2[C@H]2c3sc(=O)[nH]c3SC3C4CC(C5C(=O)N(c6ccc(F)cc6)C(=O)C45)C32)cc1. The minimum Gasteiger partial charge on any atom is -0.483 e. The monoisotopic (exact) mass is 719 g/mol. The Morgan fingerprint density at radius 1 is 1.02 bits per heavy atom. The molecule has 2 aliphatic carbocycles. The molecule has 8 nitrogen and oxygen atoms in total. The first-order valence-electron chi connectivity index (χ1n) is 15.0. The molecule has 46 heavy (non-hydrogen) atoms. The van der Waals surface area contributed by atoms with Gasteiger partial charge in [0, 0.05) is 31.8 Å². The molecule has 0 radical (unpaired) electrons. The zero-order valence-electron chi connectivity index (χ0n) is 24.4. The first-order valence-corrected chi connectivity index (χ1v) is 17.5. The van der Waals surface area contributed by atoms with Gasteiger partial charge >= 0.3 is 4.87 Å². The number of ether oxygens (including phenoxy) is 1. The van der Waals surface area contributed by atoms with Crippen LogP contribution in [-0.2, 0) is 14.4 Å². The number of halogens is 2. The Bertz CT molecular complexity index is 1960. The van der Waals surface area contributed by atoms with Gasteiger partial charge in [-0.25, -0.2) is 4.39 Å². The number of H-pyrrole nitrogens is 1. The fourth-order valence-corrected chi connectivity index (χ4v) is 11.3. The Kier molecular flexibility index (Phi) is 7.22. The highest BCUT2D eigenvalue weighted by Crippen LogP contribution is 2.69. The van der Waals surface area contributed by atoms with E-state index in [1.54, 1.807) is 11.8 Å². The molecular formula is C34H27BrFN3O5S2. The molecule has 4 aliphatic rings. The number of thiazole rings is 1. The van der Waals surface area contributed by atoms with Crippen LogP contribution in [0.1, 0.15) is 28.3 Å². The normalized spacial score (nSPS) is 27.4. The van der Waals surface area contributed by atoms with Crippen molar-refractivity contribution in [2.75, 3.05) is 16.8 Å². The molecule has 2 bridgehead atoms. The highest BCUT2D eigenvalue weighted by atomic mass is 79.9. The zero-order valence-corrected chi connectivity index (χ0v) is 27.6. The summed E-state index contributed by atoms with van der Waals surface area (Å²) >= 11 is 6.37. The molecule has 4 aromatic rings. The van der Waals surface area contributed by atoms with Crippen LogP contribution in [0, 0.1) is 42.3 Å². The van der Waals surface area contributed by atoms with Crippen LogP contribution in [0.5, 0.6) is 5.75 Å². The van der Waals surface area contributed by atoms with Crippen molar-refractivity contribution in [1.82, 2.24) is 4.98 Å². The summed E-state index contributed by atoms with van der Waals surface area (Å²) in [5.74, 6) is -2.20. The van der Waals surface area contributed by atoms with Crippen molar-refractivity contribution in [1.29, 1.82) is 0 Å². The third-order valence-electron chi connectivity index (χ3n) is 9.81. The number of imide groups is 1. The van der Waals surface area contributed by atoms with Crippen molar-refractivity contribution in [2.45, 2.75) is 29.5 Å². The summed E-state index contributed by atoms with van der Waals surface area (Å²) in [5.41, 5.74) is 2.96. The quantitative estimate of drug-likeness (QED) is 0.225. The first kappa shape index (κ1) is 29.6. The molecule has 2 saturated carbocycles. The maximum atomic E-state index is 14.0. The number of aromatic amines is 1. The molecule has 3 heterocycles. The lowest BCUT2D eigenvalue weighted by atomic mass is 9.68. The molecule has 1 aromatic heterocycles. The van der Waals surface area contributed by atoms with Crippen molar-refractivity contribution in [3.63, 3.8) is 0 Å². The Morgan fingerprint density at radius 3 is 2.48 bits per heavy atom. The third-order valence-corrected chi connectivity index (χ3v) is 12.9. The number of aromatic nitrogens is 1. The largest absolute Gasteiger partial charge is 0.483 e. The van der Waals surface area contributed by atoms with E-state index in [1.165, 1.54) is 29.2 Å². The van der Waals surface area contributed by atoms with Crippen molar-refractivity contribution in [3.8, 4) is 5.75 Å². The lowest BCUT2D eigenvalue weighted by Gasteiger charge is -2.43. The smallest absolute Gasteiger partial charge is 0.305 e. The number of hydrogen-bond donors (Lipinski definition) is 2. The number of hydrogen-bond acceptors (Lipinski definition) is 7. The summed E-state index contributed by atoms with van der Waals surface area (Å²) in [6.07, 6.45) is 0.727. The molecule has 2 aliphatic heterocycles. The maximum Gasteiger partial charge on any atom is 0.305 e. The Labute approximate surface area is 279 Å². The standard InChI is InChI=1S/C34H27BrFN3O5S2/c1-15-2-7-18(8-3-15)37-24(40)14-44-23-11-4-16(35)12-20(23)25-26-21-13-22(29(26)45-31-30(25)46-34(43)38-31)28-27(21)32(41)39(33(28)42)19-9-5-17(36)6-10-19/h2-12,21-22,25-29H,13-14H2,1H3,(H,37,40)(H,38,43)/t21?,22?,25-,26?,27?,28?,29?/m1/s1. The van der Waals surface area contributed by atoms with E-state index in [9.17, 15) is 23.6 Å². The number of nitrogens with one attached hydrogen (secondary N) is 2. The first-order chi connectivity index (χ1) is 22.2. The maximum absolute atomic E-state index is 14.0. The van der Waals surface area contributed by atoms with Gasteiger partial charge in [-0.3, -0.25) is 24.1 Å². The number of fused-ring (bicyclic) bond motifs is 9. The topological polar surface area (TPSA) is 109 Å². The summed E-state index contributed by atoms with van der Waals surface area (Å²) in [4.78, 5) is 58.4. The van der Waals surface area contributed by atoms with Gasteiger partial charge in [0.1, 0.15) is 11.6 Å². The van der Waals surface area contributed by atoms with E-state index in [2.05, 4.69) is 26.2 Å². The van der Waals surface area contributed by atoms with Gasteiger partial charge in [0.2, 0.25) is 11.8 Å². The molecule has 234 valence electrons. The second-order valence-electron chi connectivity index (χ2n) is 12.3. The van der Waals surface area contributed by atoms with Crippen LogP contribution in [0.3, 0.4) is 0 Å². The van der Waals surface area contributed by atoms with Crippen molar-refractivity contribution in [3.05, 3.63) is 103 Å². The second-order valence-corrected chi connectivity index (χ2v) is 15.5. The van der Waals surface area contributed by atoms with Crippen LogP contribution in [0.15, 0.2) is 81.0 Å². The molecule has 6 unspecified atom stereocenters. The number of nitrogens with zero attached hydrogens (tertiary/aromatic N) is 1. The summed E-state index contributed by atoms with van der Waals surface area (Å²) in [6.45, 7) is 1.76. The molecule has 3 aromatic carbocycles. The van der Waals surface area contributed by atoms with Crippen LogP contribution in [0.25, 0.3) is 0 Å². The molecule has 8 rings (SSSR count). The zero-order chi connectivity index (χ0) is 31.9. The van der Waals surface area contributed by atoms with E-state index in [1.807, 2.05) is 49.4 Å². The van der Waals surface area contributed by atoms with Crippen molar-refractivity contribution >= 4 is 68.1 Å². The number of aryl methyl sites for hydroxylation is 1. The number of anilines is 2. The molecule has 2 N–H and O–H groups in total. The van der Waals surface area contributed by atoms with Crippen LogP contribution in [0.4, 0.5) is 15.8 Å². The van der Waals surface area contributed by atoms with Gasteiger partial charge in [-0.2, -0.15) is 0 Å². The van der Waals surface area contributed by atoms with Gasteiger partial charge < -0.3 is 15.0 Å². The van der Waals surface area contributed by atoms with Crippen LogP contribution < -0.4 is 19.8 Å². The third kappa shape index (κ3) is 4.75. The van der Waals surface area contributed by atoms with Crippen LogP contribution in [-0.4, -0.2) is 34.6 Å². The van der Waals surface area contributed by atoms with E-state index in [-0.39, 0.29) is 58.1 Å². The number of amides is 3. The average molecular weight is 721 g/mol. The van der Waals surface area contributed by atoms with Gasteiger partial charge in [-0.1, -0.05) is 45.0 Å². The predicted molar refractivity (Wildman–Crippen MR) is 177 cm³/mol. The molecule has 12 heteroatoms. The number of benzene rings is 3. The molecule has 1 saturated heterocycles. The number of thioether (sulfide) groups is 1. The van der Waals surface area contributed by atoms with Gasteiger partial charge in [0.05, 0.1) is 22.5 Å². The summed E-state index contributed by atoms with van der Waals surface area (Å²) in [5, 5.41) is 3.63. The summed E-state index contributed by atoms with van der Waals surface area (Å²) < 4.78 is 20.7. The highest BCUT2D eigenvalue weighted by molar-refractivity contribution is 9.10. The van der Waals surface area contributed by atoms with Crippen LogP contribution in [0.2, 0.25) is 0 Å². The fraction of sp³-hybridized carbons (Fsp3) is 0.294. The van der Waals surface area contributed by atoms with Crippen molar-refractivity contribution in [2.24, 2.45) is 29.6 Å². The van der Waals surface area contributed by atoms with Crippen molar-refractivity contribution < 1.29 is 23.5 Å². The molecule has 7 atom stereocenters. The van der Waals surface area contributed by atoms with Gasteiger partial charge in [-0.15, -0.1) is 11.8 Å². The Hall–Kier alpha value is -3.74. The average Bonchev–Trinajstić information content (AvgIpc) is 3.77. The minimum atomic E-state index is -0.499. The highest BCUT2D eigenvalue weighted by Gasteiger charge is 2.69. The molecule has 3 fully saturated rings.